The van der Waals surface area contributed by atoms with Crippen molar-refractivity contribution >= 4 is 17.9 Å². The number of fused-ring (bicyclic) bond motifs is 1. The number of benzene rings is 1. The maximum absolute atomic E-state index is 11.6. The van der Waals surface area contributed by atoms with Crippen molar-refractivity contribution in [1.82, 2.24) is 0 Å². The number of hydrogen-bond donors (Lipinski definition) is 2. The molecule has 1 amide bonds. The first-order valence-corrected chi connectivity index (χ1v) is 4.59. The van der Waals surface area contributed by atoms with Gasteiger partial charge in [-0.05, 0) is 11.1 Å². The van der Waals surface area contributed by atoms with Gasteiger partial charge in [-0.15, -0.1) is 0 Å². The zero-order valence-corrected chi connectivity index (χ0v) is 8.05. The van der Waals surface area contributed by atoms with E-state index in [1.165, 1.54) is 0 Å². The minimum absolute atomic E-state index is 0.196. The van der Waals surface area contributed by atoms with Gasteiger partial charge in [0.2, 0.25) is 0 Å². The highest BCUT2D eigenvalue weighted by Crippen LogP contribution is 2.30. The van der Waals surface area contributed by atoms with Crippen LogP contribution in [0.2, 0.25) is 0 Å². The van der Waals surface area contributed by atoms with Gasteiger partial charge in [0.05, 0.1) is 5.92 Å². The molecule has 0 heterocycles. The minimum atomic E-state index is -0.344. The molecule has 1 aliphatic rings. The van der Waals surface area contributed by atoms with Gasteiger partial charge in [-0.2, -0.15) is 4.99 Å². The first kappa shape index (κ1) is 9.45. The average molecular weight is 201 g/mol. The Kier molecular flexibility index (Phi) is 2.25. The third-order valence-corrected chi connectivity index (χ3v) is 2.30. The van der Waals surface area contributed by atoms with Crippen molar-refractivity contribution in [2.75, 3.05) is 0 Å². The number of guanidine groups is 1. The SMILES string of the molecule is NC(N)=NC(=O)C1C=Cc2ccccc21. The molecule has 15 heavy (non-hydrogen) atoms. The summed E-state index contributed by atoms with van der Waals surface area (Å²) in [7, 11) is 0. The Morgan fingerprint density at radius 3 is 2.73 bits per heavy atom. The summed E-state index contributed by atoms with van der Waals surface area (Å²) >= 11 is 0. The van der Waals surface area contributed by atoms with E-state index in [2.05, 4.69) is 4.99 Å². The van der Waals surface area contributed by atoms with Gasteiger partial charge in [0.25, 0.3) is 5.91 Å². The molecular weight excluding hydrogens is 190 g/mol. The highest BCUT2D eigenvalue weighted by atomic mass is 16.1. The van der Waals surface area contributed by atoms with Crippen molar-refractivity contribution in [2.45, 2.75) is 5.92 Å². The molecule has 1 aromatic rings. The van der Waals surface area contributed by atoms with Gasteiger partial charge < -0.3 is 11.5 Å². The molecular formula is C11H11N3O. The molecule has 0 fully saturated rings. The Balaban J connectivity index is 2.32. The maximum atomic E-state index is 11.6. The van der Waals surface area contributed by atoms with Crippen molar-refractivity contribution in [2.24, 2.45) is 16.5 Å². The predicted molar refractivity (Wildman–Crippen MR) is 59.0 cm³/mol. The third-order valence-electron chi connectivity index (χ3n) is 2.30. The van der Waals surface area contributed by atoms with Gasteiger partial charge in [-0.1, -0.05) is 36.4 Å². The summed E-state index contributed by atoms with van der Waals surface area (Å²) in [6, 6.07) is 7.67. The number of aliphatic imine (C=N–C) groups is 1. The van der Waals surface area contributed by atoms with Crippen LogP contribution in [0.4, 0.5) is 0 Å². The Morgan fingerprint density at radius 2 is 2.00 bits per heavy atom. The Labute approximate surface area is 87.3 Å². The molecule has 0 radical (unpaired) electrons. The molecule has 4 N–H and O–H groups in total. The molecule has 4 heteroatoms. The second-order valence-electron chi connectivity index (χ2n) is 3.34. The van der Waals surface area contributed by atoms with E-state index in [0.717, 1.165) is 11.1 Å². The summed E-state index contributed by atoms with van der Waals surface area (Å²) in [5.74, 6) is -0.864. The summed E-state index contributed by atoms with van der Waals surface area (Å²) < 4.78 is 0. The van der Waals surface area contributed by atoms with Crippen LogP contribution in [0.1, 0.15) is 17.0 Å². The molecule has 0 aromatic heterocycles. The van der Waals surface area contributed by atoms with E-state index in [-0.39, 0.29) is 17.8 Å². The molecule has 0 spiro atoms. The maximum Gasteiger partial charge on any atom is 0.260 e. The lowest BCUT2D eigenvalue weighted by Gasteiger charge is -2.05. The van der Waals surface area contributed by atoms with Crippen LogP contribution in [0.25, 0.3) is 6.08 Å². The average Bonchev–Trinajstić information content (AvgIpc) is 2.59. The monoisotopic (exact) mass is 201 g/mol. The van der Waals surface area contributed by atoms with Crippen molar-refractivity contribution in [3.8, 4) is 0 Å². The summed E-state index contributed by atoms with van der Waals surface area (Å²) in [5.41, 5.74) is 12.3. The highest BCUT2D eigenvalue weighted by Gasteiger charge is 2.23. The topological polar surface area (TPSA) is 81.5 Å². The molecule has 1 aliphatic carbocycles. The van der Waals surface area contributed by atoms with Crippen molar-refractivity contribution in [3.05, 3.63) is 41.5 Å². The van der Waals surface area contributed by atoms with E-state index in [0.29, 0.717) is 0 Å². The van der Waals surface area contributed by atoms with Gasteiger partial charge in [0.1, 0.15) is 0 Å². The van der Waals surface area contributed by atoms with Crippen LogP contribution in [0, 0.1) is 0 Å². The molecule has 0 saturated carbocycles. The van der Waals surface area contributed by atoms with E-state index >= 15 is 0 Å². The van der Waals surface area contributed by atoms with Crippen LogP contribution in [0.15, 0.2) is 35.3 Å². The molecule has 1 unspecified atom stereocenters. The van der Waals surface area contributed by atoms with Crippen molar-refractivity contribution in [3.63, 3.8) is 0 Å². The lowest BCUT2D eigenvalue weighted by atomic mass is 10.0. The number of carbonyl (C=O) groups is 1. The van der Waals surface area contributed by atoms with Gasteiger partial charge >= 0.3 is 0 Å². The van der Waals surface area contributed by atoms with E-state index in [1.807, 2.05) is 30.3 Å². The molecule has 0 bridgehead atoms. The van der Waals surface area contributed by atoms with Crippen molar-refractivity contribution in [1.29, 1.82) is 0 Å². The van der Waals surface area contributed by atoms with E-state index in [1.54, 1.807) is 6.08 Å². The first-order valence-electron chi connectivity index (χ1n) is 4.59. The first-order chi connectivity index (χ1) is 7.18. The number of nitrogens with two attached hydrogens (primary N) is 2. The highest BCUT2D eigenvalue weighted by molar-refractivity contribution is 5.98. The van der Waals surface area contributed by atoms with Crippen LogP contribution >= 0.6 is 0 Å². The quantitative estimate of drug-likeness (QED) is 0.515. The zero-order chi connectivity index (χ0) is 10.8. The van der Waals surface area contributed by atoms with Crippen LogP contribution < -0.4 is 11.5 Å². The fraction of sp³-hybridized carbons (Fsp3) is 0.0909. The van der Waals surface area contributed by atoms with Crippen LogP contribution in [0.3, 0.4) is 0 Å². The molecule has 0 saturated heterocycles. The summed E-state index contributed by atoms with van der Waals surface area (Å²) in [4.78, 5) is 15.2. The molecule has 1 atom stereocenters. The van der Waals surface area contributed by atoms with E-state index < -0.39 is 0 Å². The number of hydrogen-bond acceptors (Lipinski definition) is 1. The normalized spacial score (nSPS) is 17.2. The standard InChI is InChI=1S/C11H11N3O/c12-11(13)14-10(15)9-6-5-7-3-1-2-4-8(7)9/h1-6,9H,(H4,12,13,14,15). The second-order valence-corrected chi connectivity index (χ2v) is 3.34. The van der Waals surface area contributed by atoms with Gasteiger partial charge in [-0.3, -0.25) is 4.79 Å². The number of nitrogens with zero attached hydrogens (tertiary/aromatic N) is 1. The molecule has 1 aromatic carbocycles. The fourth-order valence-electron chi connectivity index (χ4n) is 1.66. The molecule has 0 aliphatic heterocycles. The second kappa shape index (κ2) is 3.57. The van der Waals surface area contributed by atoms with Crippen LogP contribution in [-0.4, -0.2) is 11.9 Å². The van der Waals surface area contributed by atoms with Crippen LogP contribution in [0.5, 0.6) is 0 Å². The molecule has 4 nitrogen and oxygen atoms in total. The van der Waals surface area contributed by atoms with Crippen LogP contribution in [-0.2, 0) is 4.79 Å². The lowest BCUT2D eigenvalue weighted by Crippen LogP contribution is -2.25. The Bertz CT molecular complexity index is 459. The minimum Gasteiger partial charge on any atom is -0.370 e. The summed E-state index contributed by atoms with van der Waals surface area (Å²) in [6.45, 7) is 0. The van der Waals surface area contributed by atoms with Gasteiger partial charge in [0, 0.05) is 0 Å². The largest absolute Gasteiger partial charge is 0.370 e. The van der Waals surface area contributed by atoms with Gasteiger partial charge in [-0.25, -0.2) is 0 Å². The third kappa shape index (κ3) is 1.74. The molecule has 76 valence electrons. The van der Waals surface area contributed by atoms with E-state index in [9.17, 15) is 4.79 Å². The number of rotatable bonds is 1. The Morgan fingerprint density at radius 1 is 1.27 bits per heavy atom. The molecule has 2 rings (SSSR count). The Hall–Kier alpha value is -2.10. The number of carbonyl (C=O) groups excluding carboxylic acids is 1. The summed E-state index contributed by atoms with van der Waals surface area (Å²) in [5, 5.41) is 0. The summed E-state index contributed by atoms with van der Waals surface area (Å²) in [6.07, 6.45) is 3.71. The fourth-order valence-corrected chi connectivity index (χ4v) is 1.66. The number of amides is 1. The smallest absolute Gasteiger partial charge is 0.260 e. The van der Waals surface area contributed by atoms with Gasteiger partial charge in [0.15, 0.2) is 5.96 Å². The lowest BCUT2D eigenvalue weighted by molar-refractivity contribution is -0.118. The zero-order valence-electron chi connectivity index (χ0n) is 8.05. The predicted octanol–water partition coefficient (Wildman–Crippen LogP) is 0.597. The van der Waals surface area contributed by atoms with E-state index in [4.69, 9.17) is 11.5 Å². The van der Waals surface area contributed by atoms with Crippen molar-refractivity contribution < 1.29 is 4.79 Å².